The average Bonchev–Trinajstić information content (AvgIpc) is 2.55. The minimum absolute atomic E-state index is 0.415. The van der Waals surface area contributed by atoms with Crippen LogP contribution in [-0.4, -0.2) is 16.3 Å². The van der Waals surface area contributed by atoms with Crippen molar-refractivity contribution in [2.45, 2.75) is 26.4 Å². The Kier molecular flexibility index (Phi) is 2.65. The van der Waals surface area contributed by atoms with E-state index in [4.69, 9.17) is 4.74 Å². The molecule has 2 aromatic rings. The van der Waals surface area contributed by atoms with Crippen molar-refractivity contribution in [1.82, 2.24) is 4.57 Å². The van der Waals surface area contributed by atoms with E-state index in [1.54, 1.807) is 45.0 Å². The van der Waals surface area contributed by atoms with Crippen molar-refractivity contribution in [3.63, 3.8) is 0 Å². The number of nitrogens with zero attached hydrogens (tertiary/aromatic N) is 1. The summed E-state index contributed by atoms with van der Waals surface area (Å²) in [6.45, 7) is 5.31. The van der Waals surface area contributed by atoms with Crippen molar-refractivity contribution in [2.75, 3.05) is 0 Å². The molecule has 1 heterocycles. The molecule has 0 radical (unpaired) electrons. The van der Waals surface area contributed by atoms with Gasteiger partial charge in [-0.15, -0.1) is 0 Å². The number of para-hydroxylation sites is 1. The highest BCUT2D eigenvalue weighted by atomic mass is 19.1. The first kappa shape index (κ1) is 11.6. The fraction of sp³-hybridized carbons (Fsp3) is 0.308. The molecule has 1 aromatic heterocycles. The summed E-state index contributed by atoms with van der Waals surface area (Å²) in [4.78, 5) is 11.9. The van der Waals surface area contributed by atoms with Gasteiger partial charge in [-0.2, -0.15) is 0 Å². The maximum Gasteiger partial charge on any atom is 0.419 e. The van der Waals surface area contributed by atoms with Crippen LogP contribution in [0.5, 0.6) is 0 Å². The molecule has 0 aliphatic carbocycles. The number of rotatable bonds is 0. The minimum Gasteiger partial charge on any atom is -0.443 e. The second kappa shape index (κ2) is 3.87. The Morgan fingerprint density at radius 3 is 2.59 bits per heavy atom. The van der Waals surface area contributed by atoms with E-state index in [-0.39, 0.29) is 0 Å². The van der Waals surface area contributed by atoms with Gasteiger partial charge < -0.3 is 4.74 Å². The van der Waals surface area contributed by atoms with E-state index in [0.29, 0.717) is 10.9 Å². The fourth-order valence-electron chi connectivity index (χ4n) is 1.60. The highest BCUT2D eigenvalue weighted by Gasteiger charge is 2.20. The second-order valence-corrected chi connectivity index (χ2v) is 4.84. The summed E-state index contributed by atoms with van der Waals surface area (Å²) in [5.41, 5.74) is -0.0851. The number of carbonyl (C=O) groups is 1. The van der Waals surface area contributed by atoms with Crippen LogP contribution in [0.15, 0.2) is 30.5 Å². The van der Waals surface area contributed by atoms with Gasteiger partial charge in [0, 0.05) is 5.39 Å². The Balaban J connectivity index is 2.46. The Hall–Kier alpha value is -1.84. The van der Waals surface area contributed by atoms with Crippen LogP contribution >= 0.6 is 0 Å². The first-order valence-corrected chi connectivity index (χ1v) is 5.37. The first-order valence-electron chi connectivity index (χ1n) is 5.37. The van der Waals surface area contributed by atoms with E-state index in [1.807, 2.05) is 0 Å². The lowest BCUT2D eigenvalue weighted by Crippen LogP contribution is -2.26. The zero-order valence-electron chi connectivity index (χ0n) is 10.0. The molecule has 3 nitrogen and oxygen atoms in total. The molecule has 0 bridgehead atoms. The zero-order chi connectivity index (χ0) is 12.6. The van der Waals surface area contributed by atoms with Gasteiger partial charge in [0.15, 0.2) is 0 Å². The van der Waals surface area contributed by atoms with Gasteiger partial charge >= 0.3 is 6.09 Å². The number of halogens is 1. The molecule has 0 aliphatic heterocycles. The lowest BCUT2D eigenvalue weighted by molar-refractivity contribution is 0.0543. The molecule has 0 N–H and O–H groups in total. The summed E-state index contributed by atoms with van der Waals surface area (Å²) >= 11 is 0. The number of hydrogen-bond acceptors (Lipinski definition) is 2. The van der Waals surface area contributed by atoms with Crippen LogP contribution in [0, 0.1) is 5.82 Å². The molecule has 0 aliphatic rings. The SMILES string of the molecule is CC(C)(C)OC(=O)n1cc(F)c2ccccc21. The number of aromatic nitrogens is 1. The zero-order valence-corrected chi connectivity index (χ0v) is 10.0. The Labute approximate surface area is 98.8 Å². The van der Waals surface area contributed by atoms with Gasteiger partial charge in [-0.1, -0.05) is 12.1 Å². The van der Waals surface area contributed by atoms with E-state index in [2.05, 4.69) is 0 Å². The van der Waals surface area contributed by atoms with Crippen molar-refractivity contribution in [3.8, 4) is 0 Å². The standard InChI is InChI=1S/C13H14FNO2/c1-13(2,3)17-12(16)15-8-10(14)9-6-4-5-7-11(9)15/h4-8H,1-3H3. The summed E-state index contributed by atoms with van der Waals surface area (Å²) < 4.78 is 20.0. The van der Waals surface area contributed by atoms with Crippen LogP contribution in [0.1, 0.15) is 20.8 Å². The number of ether oxygens (including phenoxy) is 1. The smallest absolute Gasteiger partial charge is 0.419 e. The monoisotopic (exact) mass is 235 g/mol. The van der Waals surface area contributed by atoms with Crippen LogP contribution in [0.3, 0.4) is 0 Å². The third kappa shape index (κ3) is 2.30. The molecule has 0 spiro atoms. The first-order chi connectivity index (χ1) is 7.88. The van der Waals surface area contributed by atoms with Gasteiger partial charge in [0.1, 0.15) is 11.4 Å². The topological polar surface area (TPSA) is 31.2 Å². The number of benzene rings is 1. The molecule has 0 atom stereocenters. The maximum atomic E-state index is 13.6. The highest BCUT2D eigenvalue weighted by Crippen LogP contribution is 2.21. The summed E-state index contributed by atoms with van der Waals surface area (Å²) in [7, 11) is 0. The quantitative estimate of drug-likeness (QED) is 0.699. The number of hydrogen-bond donors (Lipinski definition) is 0. The Morgan fingerprint density at radius 1 is 1.29 bits per heavy atom. The van der Waals surface area contributed by atoms with E-state index in [0.717, 1.165) is 6.20 Å². The molecule has 0 saturated heterocycles. The van der Waals surface area contributed by atoms with Crippen LogP contribution < -0.4 is 0 Å². The van der Waals surface area contributed by atoms with Crippen LogP contribution in [0.25, 0.3) is 10.9 Å². The Bertz CT molecular complexity index is 566. The molecule has 0 fully saturated rings. The summed E-state index contributed by atoms with van der Waals surface area (Å²) in [5.74, 6) is -0.425. The third-order valence-electron chi connectivity index (χ3n) is 2.25. The molecule has 2 rings (SSSR count). The number of carbonyl (C=O) groups excluding carboxylic acids is 1. The van der Waals surface area contributed by atoms with E-state index >= 15 is 0 Å². The van der Waals surface area contributed by atoms with Gasteiger partial charge in [0.2, 0.25) is 0 Å². The molecule has 90 valence electrons. The second-order valence-electron chi connectivity index (χ2n) is 4.84. The molecule has 4 heteroatoms. The Morgan fingerprint density at radius 2 is 1.94 bits per heavy atom. The van der Waals surface area contributed by atoms with Crippen molar-refractivity contribution in [1.29, 1.82) is 0 Å². The van der Waals surface area contributed by atoms with Gasteiger partial charge in [-0.25, -0.2) is 13.8 Å². The molecular weight excluding hydrogens is 221 g/mol. The van der Waals surface area contributed by atoms with Gasteiger partial charge in [0.25, 0.3) is 0 Å². The molecule has 17 heavy (non-hydrogen) atoms. The van der Waals surface area contributed by atoms with Crippen LogP contribution in [-0.2, 0) is 4.74 Å². The number of fused-ring (bicyclic) bond motifs is 1. The van der Waals surface area contributed by atoms with E-state index in [1.165, 1.54) is 4.57 Å². The molecule has 1 aromatic carbocycles. The molecule has 0 saturated carbocycles. The normalized spacial score (nSPS) is 11.8. The third-order valence-corrected chi connectivity index (χ3v) is 2.25. The lowest BCUT2D eigenvalue weighted by atomic mass is 10.2. The summed E-state index contributed by atoms with van der Waals surface area (Å²) in [6.07, 6.45) is 0.580. The van der Waals surface area contributed by atoms with Crippen molar-refractivity contribution in [2.24, 2.45) is 0 Å². The minimum atomic E-state index is -0.598. The summed E-state index contributed by atoms with van der Waals surface area (Å²) in [5, 5.41) is 0.415. The lowest BCUT2D eigenvalue weighted by Gasteiger charge is -2.19. The van der Waals surface area contributed by atoms with Gasteiger partial charge in [-0.3, -0.25) is 0 Å². The van der Waals surface area contributed by atoms with E-state index in [9.17, 15) is 9.18 Å². The highest BCUT2D eigenvalue weighted by molar-refractivity contribution is 5.89. The van der Waals surface area contributed by atoms with Crippen molar-refractivity contribution < 1.29 is 13.9 Å². The van der Waals surface area contributed by atoms with Crippen LogP contribution in [0.4, 0.5) is 9.18 Å². The summed E-state index contributed by atoms with van der Waals surface area (Å²) in [6, 6.07) is 6.79. The van der Waals surface area contributed by atoms with Gasteiger partial charge in [0.05, 0.1) is 11.7 Å². The predicted octanol–water partition coefficient (Wildman–Crippen LogP) is 3.56. The maximum absolute atomic E-state index is 13.6. The van der Waals surface area contributed by atoms with Crippen LogP contribution in [0.2, 0.25) is 0 Å². The van der Waals surface area contributed by atoms with E-state index < -0.39 is 17.5 Å². The van der Waals surface area contributed by atoms with Crippen molar-refractivity contribution in [3.05, 3.63) is 36.3 Å². The molecule has 0 amide bonds. The van der Waals surface area contributed by atoms with Crippen molar-refractivity contribution >= 4 is 17.0 Å². The fourth-order valence-corrected chi connectivity index (χ4v) is 1.60. The largest absolute Gasteiger partial charge is 0.443 e. The molecule has 0 unspecified atom stereocenters. The van der Waals surface area contributed by atoms with Gasteiger partial charge in [-0.05, 0) is 32.9 Å². The average molecular weight is 235 g/mol. The molecular formula is C13H14FNO2. The predicted molar refractivity (Wildman–Crippen MR) is 63.5 cm³/mol.